The number of phenols is 1. The maximum Gasteiger partial charge on any atom is 0.285 e. The summed E-state index contributed by atoms with van der Waals surface area (Å²) < 4.78 is 1.33. The number of aryl methyl sites for hydroxylation is 2. The summed E-state index contributed by atoms with van der Waals surface area (Å²) in [4.78, 5) is 16.3. The first-order valence-corrected chi connectivity index (χ1v) is 15.5. The zero-order valence-electron chi connectivity index (χ0n) is 25.8. The van der Waals surface area contributed by atoms with E-state index in [0.29, 0.717) is 40.9 Å². The molecule has 0 amide bonds. The normalized spacial score (nSPS) is 18.8. The van der Waals surface area contributed by atoms with E-state index in [4.69, 9.17) is 0 Å². The van der Waals surface area contributed by atoms with E-state index in [9.17, 15) is 15.0 Å². The van der Waals surface area contributed by atoms with Gasteiger partial charge < -0.3 is 10.2 Å². The summed E-state index contributed by atoms with van der Waals surface area (Å²) >= 11 is 0. The molecule has 2 saturated carbocycles. The van der Waals surface area contributed by atoms with Crippen molar-refractivity contribution in [2.24, 2.45) is 10.2 Å². The van der Waals surface area contributed by atoms with Crippen LogP contribution in [-0.2, 0) is 6.54 Å². The second-order valence-electron chi connectivity index (χ2n) is 12.2. The predicted molar refractivity (Wildman–Crippen MR) is 167 cm³/mol. The molecule has 3 N–H and O–H groups in total. The van der Waals surface area contributed by atoms with Crippen molar-refractivity contribution < 1.29 is 10.2 Å². The van der Waals surface area contributed by atoms with E-state index in [1.807, 2.05) is 51.1 Å². The zero-order chi connectivity index (χ0) is 31.0. The second-order valence-corrected chi connectivity index (χ2v) is 12.2. The van der Waals surface area contributed by atoms with Crippen LogP contribution in [-0.4, -0.2) is 52.9 Å². The average molecular weight is 597 g/mol. The zero-order valence-corrected chi connectivity index (χ0v) is 25.8. The third-order valence-corrected chi connectivity index (χ3v) is 9.42. The molecule has 2 fully saturated rings. The quantitative estimate of drug-likeness (QED) is 0.186. The number of H-pyrrole nitrogens is 1. The van der Waals surface area contributed by atoms with Gasteiger partial charge >= 0.3 is 0 Å². The van der Waals surface area contributed by atoms with Gasteiger partial charge in [0.15, 0.2) is 11.5 Å². The van der Waals surface area contributed by atoms with Crippen molar-refractivity contribution in [3.8, 4) is 17.3 Å². The maximum atomic E-state index is 14.0. The Morgan fingerprint density at radius 3 is 2.52 bits per heavy atom. The summed E-state index contributed by atoms with van der Waals surface area (Å²) in [6.07, 6.45) is 5.94. The minimum absolute atomic E-state index is 0.0621. The predicted octanol–water partition coefficient (Wildman–Crippen LogP) is 6.53. The third-order valence-electron chi connectivity index (χ3n) is 9.42. The first kappa shape index (κ1) is 29.7. The summed E-state index contributed by atoms with van der Waals surface area (Å²) in [6.45, 7) is 9.24. The van der Waals surface area contributed by atoms with Crippen molar-refractivity contribution in [1.82, 2.24) is 30.1 Å². The van der Waals surface area contributed by atoms with Gasteiger partial charge in [0.2, 0.25) is 5.88 Å². The average Bonchev–Trinajstić information content (AvgIpc) is 3.71. The number of aromatic amines is 1. The van der Waals surface area contributed by atoms with E-state index >= 15 is 0 Å². The van der Waals surface area contributed by atoms with Crippen molar-refractivity contribution in [3.63, 3.8) is 0 Å². The molecule has 2 aliphatic rings. The highest BCUT2D eigenvalue weighted by Gasteiger charge is 2.31. The largest absolute Gasteiger partial charge is 0.505 e. The Morgan fingerprint density at radius 2 is 1.82 bits per heavy atom. The van der Waals surface area contributed by atoms with Gasteiger partial charge in [0.25, 0.3) is 5.56 Å². The van der Waals surface area contributed by atoms with Crippen molar-refractivity contribution in [3.05, 3.63) is 80.4 Å². The Bertz CT molecular complexity index is 1740. The number of azo groups is 1. The Morgan fingerprint density at radius 1 is 1.02 bits per heavy atom. The molecule has 0 spiro atoms. The number of tetrazole rings is 1. The van der Waals surface area contributed by atoms with Crippen LogP contribution in [0.4, 0.5) is 11.4 Å². The highest BCUT2D eigenvalue weighted by atomic mass is 16.3. The van der Waals surface area contributed by atoms with Crippen molar-refractivity contribution in [1.29, 1.82) is 0 Å². The lowest BCUT2D eigenvalue weighted by Gasteiger charge is -2.28. The number of hydrogen-bond donors (Lipinski definition) is 3. The molecule has 2 unspecified atom stereocenters. The van der Waals surface area contributed by atoms with Gasteiger partial charge in [-0.25, -0.2) is 4.57 Å². The van der Waals surface area contributed by atoms with Crippen molar-refractivity contribution in [2.45, 2.75) is 90.6 Å². The van der Waals surface area contributed by atoms with E-state index in [1.54, 1.807) is 6.07 Å². The number of nitrogens with one attached hydrogen (secondary N) is 1. The van der Waals surface area contributed by atoms with Gasteiger partial charge in [-0.15, -0.1) is 20.4 Å². The van der Waals surface area contributed by atoms with Crippen LogP contribution in [0.3, 0.4) is 0 Å². The van der Waals surface area contributed by atoms with Gasteiger partial charge in [-0.05, 0) is 106 Å². The fourth-order valence-electron chi connectivity index (χ4n) is 6.47. The maximum absolute atomic E-state index is 14.0. The number of pyridine rings is 1. The minimum Gasteiger partial charge on any atom is -0.505 e. The molecule has 2 atom stereocenters. The van der Waals surface area contributed by atoms with Crippen LogP contribution in [0.5, 0.6) is 11.6 Å². The van der Waals surface area contributed by atoms with E-state index in [1.165, 1.54) is 4.57 Å². The molecular formula is C33H40N8O3. The van der Waals surface area contributed by atoms with Gasteiger partial charge in [0.1, 0.15) is 11.4 Å². The Balaban J connectivity index is 1.39. The van der Waals surface area contributed by atoms with Gasteiger partial charge in [-0.1, -0.05) is 36.8 Å². The molecule has 2 aromatic carbocycles. The molecule has 0 radical (unpaired) electrons. The van der Waals surface area contributed by atoms with Crippen molar-refractivity contribution >= 4 is 11.4 Å². The Labute approximate surface area is 256 Å². The van der Waals surface area contributed by atoms with Crippen LogP contribution >= 0.6 is 0 Å². The van der Waals surface area contributed by atoms with Crippen LogP contribution in [0, 0.1) is 20.8 Å². The molecule has 0 aliphatic heterocycles. The van der Waals surface area contributed by atoms with E-state index in [-0.39, 0.29) is 29.2 Å². The molecule has 0 saturated heterocycles. The van der Waals surface area contributed by atoms with Gasteiger partial charge in [0.05, 0.1) is 5.69 Å². The molecule has 0 bridgehead atoms. The smallest absolute Gasteiger partial charge is 0.285 e. The van der Waals surface area contributed by atoms with Crippen LogP contribution < -0.4 is 5.56 Å². The number of nitrogens with zero attached hydrogens (tertiary/aromatic N) is 7. The summed E-state index contributed by atoms with van der Waals surface area (Å²) in [6, 6.07) is 11.6. The third kappa shape index (κ3) is 5.76. The first-order chi connectivity index (χ1) is 21.3. The summed E-state index contributed by atoms with van der Waals surface area (Å²) in [7, 11) is 0. The Kier molecular flexibility index (Phi) is 8.31. The van der Waals surface area contributed by atoms with Crippen LogP contribution in [0.1, 0.15) is 90.9 Å². The van der Waals surface area contributed by atoms with Crippen LogP contribution in [0.2, 0.25) is 0 Å². The lowest BCUT2D eigenvalue weighted by Crippen LogP contribution is -2.28. The van der Waals surface area contributed by atoms with Gasteiger partial charge in [-0.3, -0.25) is 9.69 Å². The van der Waals surface area contributed by atoms with Gasteiger partial charge in [0, 0.05) is 24.1 Å². The monoisotopic (exact) mass is 596 g/mol. The molecule has 2 aromatic heterocycles. The molecule has 4 aromatic rings. The molecule has 230 valence electrons. The standard InChI is InChI=1S/C33H40N8O3/c1-5-40(24-14-15-24)18-27-21(4)29(33(44)41(32(27)43)25-13-12-19(2)20(3)16-25)35-34-28-11-7-10-26(30(28)42)22-8-6-9-23(17-22)31-36-38-39-37-31/h7,10-13,16,22-24,42-43H,5-6,8-9,14-15,17-18H2,1-4H3,(H,36,37,38,39). The highest BCUT2D eigenvalue weighted by Crippen LogP contribution is 2.45. The molecule has 44 heavy (non-hydrogen) atoms. The topological polar surface area (TPSA) is 145 Å². The number of benzene rings is 2. The summed E-state index contributed by atoms with van der Waals surface area (Å²) in [5, 5.41) is 46.4. The molecular weight excluding hydrogens is 556 g/mol. The number of aromatic nitrogens is 5. The molecule has 11 nitrogen and oxygen atoms in total. The summed E-state index contributed by atoms with van der Waals surface area (Å²) in [5.74, 6) is 0.956. The SMILES string of the molecule is CCN(Cc1c(C)c(N=Nc2cccc(C3CCCC(c4nn[nH]n4)C3)c2O)c(=O)n(-c2ccc(C)c(C)c2)c1O)C1CC1. The lowest BCUT2D eigenvalue weighted by atomic mass is 9.77. The molecule has 6 rings (SSSR count). The molecule has 11 heteroatoms. The van der Waals surface area contributed by atoms with E-state index < -0.39 is 5.56 Å². The fraction of sp³-hybridized carbons (Fsp3) is 0.455. The lowest BCUT2D eigenvalue weighted by molar-refractivity contribution is 0.262. The van der Waals surface area contributed by atoms with Gasteiger partial charge in [-0.2, -0.15) is 5.21 Å². The van der Waals surface area contributed by atoms with E-state index in [2.05, 4.69) is 42.7 Å². The molecule has 2 aliphatic carbocycles. The minimum atomic E-state index is -0.462. The number of hydrogen-bond acceptors (Lipinski definition) is 9. The number of phenolic OH excluding ortho intramolecular Hbond substituents is 1. The number of para-hydroxylation sites is 1. The van der Waals surface area contributed by atoms with Crippen molar-refractivity contribution in [2.75, 3.05) is 6.54 Å². The number of rotatable bonds is 9. The molecule has 2 heterocycles. The second kappa shape index (κ2) is 12.3. The van der Waals surface area contributed by atoms with Crippen LogP contribution in [0.25, 0.3) is 5.69 Å². The number of aromatic hydroxyl groups is 2. The fourth-order valence-corrected chi connectivity index (χ4v) is 6.47. The highest BCUT2D eigenvalue weighted by molar-refractivity contribution is 5.58. The first-order valence-electron chi connectivity index (χ1n) is 15.5. The van der Waals surface area contributed by atoms with Crippen LogP contribution in [0.15, 0.2) is 51.4 Å². The Hall–Kier alpha value is -4.38. The summed E-state index contributed by atoms with van der Waals surface area (Å²) in [5.41, 5.74) is 4.69. The van der Waals surface area contributed by atoms with E-state index in [0.717, 1.165) is 61.8 Å².